The van der Waals surface area contributed by atoms with Crippen LogP contribution >= 0.6 is 0 Å². The number of carbonyl (C=O) groups excluding carboxylic acids is 1. The van der Waals surface area contributed by atoms with Crippen LogP contribution in [0.25, 0.3) is 0 Å². The van der Waals surface area contributed by atoms with Crippen molar-refractivity contribution in [3.05, 3.63) is 23.8 Å². The average Bonchev–Trinajstić information content (AvgIpc) is 3.12. The van der Waals surface area contributed by atoms with E-state index in [1.54, 1.807) is 0 Å². The molecule has 0 aromatic heterocycles. The maximum Gasteiger partial charge on any atom is 0.166 e. The molecule has 0 spiro atoms. The van der Waals surface area contributed by atoms with Crippen molar-refractivity contribution in [3.63, 3.8) is 0 Å². The number of fused-ring (bicyclic) bond motifs is 1. The van der Waals surface area contributed by atoms with Gasteiger partial charge in [-0.15, -0.1) is 0 Å². The summed E-state index contributed by atoms with van der Waals surface area (Å²) in [5.41, 5.74) is 0.751. The number of ether oxygens (including phenoxy) is 2. The number of benzene rings is 1. The Morgan fingerprint density at radius 2 is 1.83 bits per heavy atom. The van der Waals surface area contributed by atoms with E-state index in [4.69, 9.17) is 9.47 Å². The molecule has 1 aromatic rings. The smallest absolute Gasteiger partial charge is 0.166 e. The predicted molar refractivity (Wildman–Crippen MR) is 68.2 cm³/mol. The third-order valence-corrected chi connectivity index (χ3v) is 3.72. The Morgan fingerprint density at radius 3 is 2.50 bits per heavy atom. The minimum atomic E-state index is 0.216. The lowest BCUT2D eigenvalue weighted by Gasteiger charge is -2.08. The molecule has 96 valence electrons. The second-order valence-electron chi connectivity index (χ2n) is 5.57. The fourth-order valence-corrected chi connectivity index (χ4v) is 2.31. The zero-order chi connectivity index (χ0) is 12.7. The molecule has 1 aliphatic heterocycles. The highest BCUT2D eigenvalue weighted by Crippen LogP contribution is 2.41. The zero-order valence-corrected chi connectivity index (χ0v) is 10.8. The summed E-state index contributed by atoms with van der Waals surface area (Å²) in [7, 11) is 0. The van der Waals surface area contributed by atoms with Crippen molar-refractivity contribution >= 4 is 5.78 Å². The molecule has 1 heterocycles. The number of hydrogen-bond donors (Lipinski definition) is 0. The highest BCUT2D eigenvalue weighted by atomic mass is 16.5. The first-order chi connectivity index (χ1) is 8.65. The standard InChI is InChI=1S/C15H18O3/c1-9-7-17-13-4-3-11(6-14(13)18-8-9)15(16)12-5-10(12)2/h3-4,6,9-10,12H,5,7-8H2,1-2H3. The van der Waals surface area contributed by atoms with Gasteiger partial charge < -0.3 is 9.47 Å². The normalized spacial score (nSPS) is 29.6. The van der Waals surface area contributed by atoms with Crippen LogP contribution in [-0.2, 0) is 0 Å². The number of Topliss-reactive ketones (excluding diaryl/α,β-unsaturated/α-hetero) is 1. The van der Waals surface area contributed by atoms with Gasteiger partial charge in [0, 0.05) is 17.4 Å². The van der Waals surface area contributed by atoms with Crippen molar-refractivity contribution in [3.8, 4) is 11.5 Å². The summed E-state index contributed by atoms with van der Waals surface area (Å²) in [4.78, 5) is 12.2. The number of hydrogen-bond acceptors (Lipinski definition) is 3. The highest BCUT2D eigenvalue weighted by molar-refractivity contribution is 6.00. The van der Waals surface area contributed by atoms with Gasteiger partial charge in [0.1, 0.15) is 0 Å². The lowest BCUT2D eigenvalue weighted by Crippen LogP contribution is -2.12. The molecular weight excluding hydrogens is 228 g/mol. The van der Waals surface area contributed by atoms with E-state index in [-0.39, 0.29) is 11.7 Å². The van der Waals surface area contributed by atoms with Crippen LogP contribution in [0.15, 0.2) is 18.2 Å². The summed E-state index contributed by atoms with van der Waals surface area (Å²) in [6.45, 7) is 5.52. The first-order valence-electron chi connectivity index (χ1n) is 6.59. The van der Waals surface area contributed by atoms with E-state index >= 15 is 0 Å². The average molecular weight is 246 g/mol. The summed E-state index contributed by atoms with van der Waals surface area (Å²) in [6.07, 6.45) is 1.02. The molecule has 3 atom stereocenters. The molecule has 0 amide bonds. The fraction of sp³-hybridized carbons (Fsp3) is 0.533. The lowest BCUT2D eigenvalue weighted by molar-refractivity contribution is 0.0962. The summed E-state index contributed by atoms with van der Waals surface area (Å²) < 4.78 is 11.4. The van der Waals surface area contributed by atoms with Gasteiger partial charge in [-0.3, -0.25) is 4.79 Å². The molecule has 1 aromatic carbocycles. The van der Waals surface area contributed by atoms with E-state index in [0.717, 1.165) is 17.7 Å². The Kier molecular flexibility index (Phi) is 2.77. The maximum atomic E-state index is 12.2. The summed E-state index contributed by atoms with van der Waals surface area (Å²) in [5.74, 6) is 2.83. The van der Waals surface area contributed by atoms with Gasteiger partial charge in [-0.25, -0.2) is 0 Å². The first kappa shape index (κ1) is 11.6. The monoisotopic (exact) mass is 246 g/mol. The lowest BCUT2D eigenvalue weighted by atomic mass is 10.1. The Hall–Kier alpha value is -1.51. The van der Waals surface area contributed by atoms with Crippen molar-refractivity contribution in [2.24, 2.45) is 17.8 Å². The highest BCUT2D eigenvalue weighted by Gasteiger charge is 2.39. The Morgan fingerprint density at radius 1 is 1.17 bits per heavy atom. The van der Waals surface area contributed by atoms with Gasteiger partial charge in [0.2, 0.25) is 0 Å². The molecule has 0 radical (unpaired) electrons. The molecule has 18 heavy (non-hydrogen) atoms. The van der Waals surface area contributed by atoms with E-state index in [1.807, 2.05) is 18.2 Å². The third kappa shape index (κ3) is 2.09. The van der Waals surface area contributed by atoms with Crippen molar-refractivity contribution in [2.45, 2.75) is 20.3 Å². The minimum absolute atomic E-state index is 0.216. The van der Waals surface area contributed by atoms with E-state index in [9.17, 15) is 4.79 Å². The Labute approximate surface area is 107 Å². The molecule has 1 fully saturated rings. The number of ketones is 1. The zero-order valence-electron chi connectivity index (χ0n) is 10.8. The topological polar surface area (TPSA) is 35.5 Å². The summed E-state index contributed by atoms with van der Waals surface area (Å²) in [5, 5.41) is 0. The van der Waals surface area contributed by atoms with E-state index in [2.05, 4.69) is 13.8 Å². The van der Waals surface area contributed by atoms with Crippen LogP contribution in [-0.4, -0.2) is 19.0 Å². The molecule has 3 nitrogen and oxygen atoms in total. The molecule has 0 N–H and O–H groups in total. The second-order valence-corrected chi connectivity index (χ2v) is 5.57. The SMILES string of the molecule is CC1COc2ccc(C(=O)C3CC3C)cc2OC1. The maximum absolute atomic E-state index is 12.2. The van der Waals surface area contributed by atoms with Crippen molar-refractivity contribution in [1.82, 2.24) is 0 Å². The van der Waals surface area contributed by atoms with Crippen LogP contribution in [0.3, 0.4) is 0 Å². The predicted octanol–water partition coefficient (Wildman–Crippen LogP) is 2.93. The van der Waals surface area contributed by atoms with E-state index in [1.165, 1.54) is 0 Å². The van der Waals surface area contributed by atoms with Gasteiger partial charge in [0.15, 0.2) is 17.3 Å². The molecular formula is C15H18O3. The molecule has 1 aliphatic carbocycles. The van der Waals surface area contributed by atoms with Crippen LogP contribution < -0.4 is 9.47 Å². The fourth-order valence-electron chi connectivity index (χ4n) is 2.31. The van der Waals surface area contributed by atoms with Crippen molar-refractivity contribution in [2.75, 3.05) is 13.2 Å². The molecule has 0 saturated heterocycles. The Bertz CT molecular complexity index is 481. The minimum Gasteiger partial charge on any atom is -0.489 e. The van der Waals surface area contributed by atoms with Crippen LogP contribution in [0.4, 0.5) is 0 Å². The number of carbonyl (C=O) groups is 1. The quantitative estimate of drug-likeness (QED) is 0.753. The largest absolute Gasteiger partial charge is 0.489 e. The van der Waals surface area contributed by atoms with Crippen LogP contribution in [0.2, 0.25) is 0 Å². The summed E-state index contributed by atoms with van der Waals surface area (Å²) >= 11 is 0. The van der Waals surface area contributed by atoms with Crippen molar-refractivity contribution < 1.29 is 14.3 Å². The van der Waals surface area contributed by atoms with Gasteiger partial charge in [0.05, 0.1) is 13.2 Å². The first-order valence-corrected chi connectivity index (χ1v) is 6.59. The molecule has 1 saturated carbocycles. The second kappa shape index (κ2) is 4.30. The van der Waals surface area contributed by atoms with Crippen LogP contribution in [0.5, 0.6) is 11.5 Å². The Balaban J connectivity index is 1.84. The van der Waals surface area contributed by atoms with E-state index < -0.39 is 0 Å². The van der Waals surface area contributed by atoms with Crippen molar-refractivity contribution in [1.29, 1.82) is 0 Å². The van der Waals surface area contributed by atoms with Gasteiger partial charge in [0.25, 0.3) is 0 Å². The van der Waals surface area contributed by atoms with Gasteiger partial charge >= 0.3 is 0 Å². The molecule has 2 aliphatic rings. The van der Waals surface area contributed by atoms with Crippen LogP contribution in [0.1, 0.15) is 30.6 Å². The van der Waals surface area contributed by atoms with Crippen LogP contribution in [0, 0.1) is 17.8 Å². The van der Waals surface area contributed by atoms with E-state index in [0.29, 0.717) is 30.8 Å². The van der Waals surface area contributed by atoms with Gasteiger partial charge in [-0.2, -0.15) is 0 Å². The number of rotatable bonds is 2. The molecule has 3 unspecified atom stereocenters. The molecule has 3 rings (SSSR count). The van der Waals surface area contributed by atoms with Gasteiger partial charge in [-0.05, 0) is 30.5 Å². The summed E-state index contributed by atoms with van der Waals surface area (Å²) in [6, 6.07) is 5.54. The molecule has 0 bridgehead atoms. The molecule has 3 heteroatoms. The third-order valence-electron chi connectivity index (χ3n) is 3.72. The van der Waals surface area contributed by atoms with Gasteiger partial charge in [-0.1, -0.05) is 13.8 Å².